The molecular weight excluding hydrogens is 224 g/mol. The maximum Gasteiger partial charge on any atom is 0.0564 e. The van der Waals surface area contributed by atoms with Gasteiger partial charge in [-0.25, -0.2) is 0 Å². The lowest BCUT2D eigenvalue weighted by molar-refractivity contribution is 0.0875. The van der Waals surface area contributed by atoms with Crippen LogP contribution >= 0.6 is 0 Å². The van der Waals surface area contributed by atoms with Gasteiger partial charge in [0.05, 0.1) is 6.10 Å². The van der Waals surface area contributed by atoms with Gasteiger partial charge in [0.25, 0.3) is 0 Å². The molecule has 0 saturated carbocycles. The topological polar surface area (TPSA) is 35.8 Å². The highest BCUT2D eigenvalue weighted by molar-refractivity contribution is 5.79. The molecule has 0 aromatic carbocycles. The Kier molecular flexibility index (Phi) is 9.52. The summed E-state index contributed by atoms with van der Waals surface area (Å²) < 4.78 is 0. The molecule has 0 aromatic rings. The smallest absolute Gasteiger partial charge is 0.0564 e. The van der Waals surface area contributed by atoms with Crippen LogP contribution in [0.1, 0.15) is 40.5 Å². The van der Waals surface area contributed by atoms with Crippen molar-refractivity contribution in [3.8, 4) is 0 Å². The Morgan fingerprint density at radius 2 is 1.94 bits per heavy atom. The van der Waals surface area contributed by atoms with Crippen LogP contribution in [0.5, 0.6) is 0 Å². The molecular formula is C15H28N2O. The molecule has 0 spiro atoms. The Labute approximate surface area is 112 Å². The maximum atomic E-state index is 9.42. The molecule has 0 unspecified atom stereocenters. The number of allylic oxidation sites excluding steroid dienone is 2. The van der Waals surface area contributed by atoms with E-state index in [2.05, 4.69) is 22.5 Å². The average molecular weight is 252 g/mol. The molecule has 18 heavy (non-hydrogen) atoms. The molecule has 1 fully saturated rings. The molecule has 1 saturated heterocycles. The van der Waals surface area contributed by atoms with Gasteiger partial charge in [-0.15, -0.1) is 0 Å². The van der Waals surface area contributed by atoms with Crippen LogP contribution in [-0.2, 0) is 0 Å². The van der Waals surface area contributed by atoms with Crippen LogP contribution in [0.15, 0.2) is 28.9 Å². The minimum absolute atomic E-state index is 0.102. The normalized spacial score (nSPS) is 18.6. The van der Waals surface area contributed by atoms with Gasteiger partial charge in [0.1, 0.15) is 0 Å². The monoisotopic (exact) mass is 252 g/mol. The molecule has 0 amide bonds. The summed E-state index contributed by atoms with van der Waals surface area (Å²) in [6.45, 7) is 14.5. The summed E-state index contributed by atoms with van der Waals surface area (Å²) in [5, 5.41) is 9.42. The van der Waals surface area contributed by atoms with Gasteiger partial charge < -0.3 is 5.11 Å². The third-order valence-corrected chi connectivity index (χ3v) is 2.78. The highest BCUT2D eigenvalue weighted by Crippen LogP contribution is 2.11. The van der Waals surface area contributed by atoms with Crippen LogP contribution in [0.2, 0.25) is 0 Å². The fourth-order valence-corrected chi connectivity index (χ4v) is 1.74. The second kappa shape index (κ2) is 10.0. The number of hydrogen-bond donors (Lipinski definition) is 1. The number of hydrogen-bond acceptors (Lipinski definition) is 3. The molecule has 3 heteroatoms. The molecule has 104 valence electrons. The molecule has 3 nitrogen and oxygen atoms in total. The summed E-state index contributed by atoms with van der Waals surface area (Å²) in [6.07, 6.45) is 5.63. The summed E-state index contributed by atoms with van der Waals surface area (Å²) in [5.41, 5.74) is 2.04. The predicted molar refractivity (Wildman–Crippen MR) is 80.1 cm³/mol. The SMILES string of the molecule is C=C(C)N=C/C(=C\C)CN1CCC(O)CC1.CC. The molecule has 0 radical (unpaired) electrons. The molecule has 0 aromatic heterocycles. The number of rotatable bonds is 4. The first-order valence-electron chi connectivity index (χ1n) is 6.87. The van der Waals surface area contributed by atoms with E-state index in [1.54, 1.807) is 0 Å². The van der Waals surface area contributed by atoms with E-state index in [0.29, 0.717) is 0 Å². The first-order chi connectivity index (χ1) is 8.61. The predicted octanol–water partition coefficient (Wildman–Crippen LogP) is 3.02. The van der Waals surface area contributed by atoms with Crippen molar-refractivity contribution >= 4 is 6.21 Å². The Balaban J connectivity index is 0.00000137. The van der Waals surface area contributed by atoms with Gasteiger partial charge in [0, 0.05) is 31.5 Å². The summed E-state index contributed by atoms with van der Waals surface area (Å²) in [4.78, 5) is 6.57. The summed E-state index contributed by atoms with van der Waals surface area (Å²) in [6, 6.07) is 0. The van der Waals surface area contributed by atoms with Gasteiger partial charge in [-0.3, -0.25) is 9.89 Å². The van der Waals surface area contributed by atoms with Crippen molar-refractivity contribution in [2.45, 2.75) is 46.6 Å². The number of likely N-dealkylation sites (tertiary alicyclic amines) is 1. The van der Waals surface area contributed by atoms with E-state index in [0.717, 1.165) is 38.2 Å². The van der Waals surface area contributed by atoms with Gasteiger partial charge in [-0.05, 0) is 32.3 Å². The van der Waals surface area contributed by atoms with Crippen molar-refractivity contribution in [1.82, 2.24) is 4.90 Å². The number of nitrogens with zero attached hydrogens (tertiary/aromatic N) is 2. The number of aliphatic hydroxyl groups is 1. The van der Waals surface area contributed by atoms with Crippen LogP contribution in [0.3, 0.4) is 0 Å². The Morgan fingerprint density at radius 3 is 2.39 bits per heavy atom. The molecule has 0 atom stereocenters. The van der Waals surface area contributed by atoms with Crippen LogP contribution in [0.4, 0.5) is 0 Å². The highest BCUT2D eigenvalue weighted by atomic mass is 16.3. The number of aliphatic imine (C=N–C) groups is 1. The Bertz CT molecular complexity index is 287. The summed E-state index contributed by atoms with van der Waals surface area (Å²) in [7, 11) is 0. The molecule has 0 bridgehead atoms. The van der Waals surface area contributed by atoms with Crippen molar-refractivity contribution in [2.75, 3.05) is 19.6 Å². The molecule has 0 aliphatic carbocycles. The van der Waals surface area contributed by atoms with Gasteiger partial charge in [0.15, 0.2) is 0 Å². The quantitative estimate of drug-likeness (QED) is 0.781. The minimum Gasteiger partial charge on any atom is -0.393 e. The fourth-order valence-electron chi connectivity index (χ4n) is 1.74. The Hall–Kier alpha value is -0.930. The van der Waals surface area contributed by atoms with E-state index < -0.39 is 0 Å². The first-order valence-corrected chi connectivity index (χ1v) is 6.87. The molecule has 1 N–H and O–H groups in total. The second-order valence-electron chi connectivity index (χ2n) is 4.36. The van der Waals surface area contributed by atoms with Crippen LogP contribution < -0.4 is 0 Å². The lowest BCUT2D eigenvalue weighted by Crippen LogP contribution is -2.37. The van der Waals surface area contributed by atoms with E-state index in [4.69, 9.17) is 0 Å². The largest absolute Gasteiger partial charge is 0.393 e. The zero-order valence-corrected chi connectivity index (χ0v) is 12.3. The van der Waals surface area contributed by atoms with Crippen LogP contribution in [-0.4, -0.2) is 42.0 Å². The average Bonchev–Trinajstić information content (AvgIpc) is 2.39. The highest BCUT2D eigenvalue weighted by Gasteiger charge is 2.16. The number of aliphatic hydroxyl groups excluding tert-OH is 1. The van der Waals surface area contributed by atoms with E-state index >= 15 is 0 Å². The lowest BCUT2D eigenvalue weighted by Gasteiger charge is -2.29. The lowest BCUT2D eigenvalue weighted by atomic mass is 10.1. The van der Waals surface area contributed by atoms with Crippen LogP contribution in [0.25, 0.3) is 0 Å². The van der Waals surface area contributed by atoms with Gasteiger partial charge >= 0.3 is 0 Å². The van der Waals surface area contributed by atoms with E-state index in [9.17, 15) is 5.11 Å². The zero-order chi connectivity index (χ0) is 14.0. The minimum atomic E-state index is -0.102. The third-order valence-electron chi connectivity index (χ3n) is 2.78. The molecule has 1 aliphatic heterocycles. The Morgan fingerprint density at radius 1 is 1.39 bits per heavy atom. The van der Waals surface area contributed by atoms with Crippen LogP contribution in [0, 0.1) is 0 Å². The van der Waals surface area contributed by atoms with Crippen molar-refractivity contribution in [2.24, 2.45) is 4.99 Å². The third kappa shape index (κ3) is 7.41. The van der Waals surface area contributed by atoms with E-state index in [1.165, 1.54) is 5.57 Å². The molecule has 1 rings (SSSR count). The zero-order valence-electron chi connectivity index (χ0n) is 12.3. The molecule has 1 aliphatic rings. The first kappa shape index (κ1) is 17.1. The van der Waals surface area contributed by atoms with E-state index in [1.807, 2.05) is 33.9 Å². The van der Waals surface area contributed by atoms with Gasteiger partial charge in [0.2, 0.25) is 0 Å². The van der Waals surface area contributed by atoms with Gasteiger partial charge in [-0.2, -0.15) is 0 Å². The fraction of sp³-hybridized carbons (Fsp3) is 0.667. The number of piperidine rings is 1. The van der Waals surface area contributed by atoms with Crippen molar-refractivity contribution < 1.29 is 5.11 Å². The van der Waals surface area contributed by atoms with Gasteiger partial charge in [-0.1, -0.05) is 26.5 Å². The standard InChI is InChI=1S/C13H22N2O.C2H6/c1-4-12(9-14-11(2)3)10-15-7-5-13(16)6-8-15;1-2/h4,9,13,16H,2,5-8,10H2,1,3H3;1-2H3/b12-4+,14-9?;. The van der Waals surface area contributed by atoms with Crippen molar-refractivity contribution in [1.29, 1.82) is 0 Å². The summed E-state index contributed by atoms with van der Waals surface area (Å²) in [5.74, 6) is 0. The maximum absolute atomic E-state index is 9.42. The molecule has 1 heterocycles. The van der Waals surface area contributed by atoms with E-state index in [-0.39, 0.29) is 6.10 Å². The summed E-state index contributed by atoms with van der Waals surface area (Å²) >= 11 is 0. The van der Waals surface area contributed by atoms with Crippen molar-refractivity contribution in [3.05, 3.63) is 23.9 Å². The van der Waals surface area contributed by atoms with Crippen molar-refractivity contribution in [3.63, 3.8) is 0 Å². The second-order valence-corrected chi connectivity index (χ2v) is 4.36.